The number of hydrogen-bond donors (Lipinski definition) is 2. The van der Waals surface area contributed by atoms with E-state index < -0.39 is 33.8 Å². The van der Waals surface area contributed by atoms with Gasteiger partial charge in [-0.3, -0.25) is 29.5 Å². The predicted molar refractivity (Wildman–Crippen MR) is 103 cm³/mol. The van der Waals surface area contributed by atoms with Crippen LogP contribution < -0.4 is 10.6 Å². The number of rotatable bonds is 6. The number of nitrogens with one attached hydrogen (secondary N) is 2. The summed E-state index contributed by atoms with van der Waals surface area (Å²) in [6.45, 7) is 3.29. The number of amides is 2. The average Bonchev–Trinajstić information content (AvgIpc) is 2.99. The van der Waals surface area contributed by atoms with Crippen molar-refractivity contribution in [1.82, 2.24) is 4.98 Å². The molecule has 1 atom stereocenters. The lowest BCUT2D eigenvalue weighted by Gasteiger charge is -2.23. The number of anilines is 2. The van der Waals surface area contributed by atoms with Gasteiger partial charge in [-0.1, -0.05) is 6.92 Å². The second kappa shape index (κ2) is 7.66. The summed E-state index contributed by atoms with van der Waals surface area (Å²) >= 11 is 0. The van der Waals surface area contributed by atoms with Crippen molar-refractivity contribution in [2.24, 2.45) is 0 Å². The Kier molecular flexibility index (Phi) is 5.26. The van der Waals surface area contributed by atoms with Gasteiger partial charge in [0.05, 0.1) is 11.5 Å². The highest BCUT2D eigenvalue weighted by molar-refractivity contribution is 6.20. The van der Waals surface area contributed by atoms with E-state index in [-0.39, 0.29) is 35.5 Å². The molecule has 0 spiro atoms. The molecule has 1 aromatic carbocycles. The SMILES string of the molecule is CCOC(=O)C1(CC)C(=O)Nc2cc(NC(=O)c3ccncc3)c([N+](=O)[O-])cc21. The number of pyridine rings is 1. The van der Waals surface area contributed by atoms with E-state index in [1.807, 2.05) is 0 Å². The number of carbonyl (C=O) groups excluding carboxylic acids is 3. The molecular formula is C19H18N4O6. The molecule has 0 aliphatic carbocycles. The molecule has 3 rings (SSSR count). The van der Waals surface area contributed by atoms with Crippen LogP contribution in [0.15, 0.2) is 36.7 Å². The van der Waals surface area contributed by atoms with Crippen molar-refractivity contribution in [3.8, 4) is 0 Å². The Labute approximate surface area is 165 Å². The van der Waals surface area contributed by atoms with Crippen molar-refractivity contribution in [3.63, 3.8) is 0 Å². The maximum atomic E-state index is 12.7. The minimum absolute atomic E-state index is 0.0601. The van der Waals surface area contributed by atoms with Crippen molar-refractivity contribution in [2.45, 2.75) is 25.7 Å². The summed E-state index contributed by atoms with van der Waals surface area (Å²) in [5.41, 5.74) is -1.61. The zero-order valence-electron chi connectivity index (χ0n) is 15.7. The van der Waals surface area contributed by atoms with E-state index in [0.717, 1.165) is 6.07 Å². The van der Waals surface area contributed by atoms with Gasteiger partial charge in [0.25, 0.3) is 11.6 Å². The molecule has 0 fully saturated rings. The van der Waals surface area contributed by atoms with E-state index in [1.54, 1.807) is 13.8 Å². The Bertz CT molecular complexity index is 1010. The lowest BCUT2D eigenvalue weighted by Crippen LogP contribution is -2.43. The van der Waals surface area contributed by atoms with Crippen LogP contribution in [-0.4, -0.2) is 34.3 Å². The molecular weight excluding hydrogens is 380 g/mol. The van der Waals surface area contributed by atoms with Crippen LogP contribution in [0.1, 0.15) is 36.2 Å². The third-order valence-corrected chi connectivity index (χ3v) is 4.77. The normalized spacial score (nSPS) is 17.2. The van der Waals surface area contributed by atoms with Crippen LogP contribution in [0.4, 0.5) is 17.1 Å². The zero-order chi connectivity index (χ0) is 21.2. The van der Waals surface area contributed by atoms with Crippen LogP contribution in [0.25, 0.3) is 0 Å². The molecule has 150 valence electrons. The quantitative estimate of drug-likeness (QED) is 0.329. The lowest BCUT2D eigenvalue weighted by molar-refractivity contribution is -0.384. The number of nitro groups is 1. The van der Waals surface area contributed by atoms with E-state index in [1.165, 1.54) is 30.6 Å². The molecule has 2 aromatic rings. The fourth-order valence-corrected chi connectivity index (χ4v) is 3.30. The predicted octanol–water partition coefficient (Wildman–Crippen LogP) is 2.41. The summed E-state index contributed by atoms with van der Waals surface area (Å²) in [4.78, 5) is 52.4. The fourth-order valence-electron chi connectivity index (χ4n) is 3.30. The number of ether oxygens (including phenoxy) is 1. The van der Waals surface area contributed by atoms with Crippen molar-refractivity contribution >= 4 is 34.8 Å². The van der Waals surface area contributed by atoms with Crippen LogP contribution in [-0.2, 0) is 19.7 Å². The first-order valence-electron chi connectivity index (χ1n) is 8.88. The van der Waals surface area contributed by atoms with Gasteiger partial charge in [-0.05, 0) is 31.5 Å². The van der Waals surface area contributed by atoms with Gasteiger partial charge in [0.2, 0.25) is 5.91 Å². The Hall–Kier alpha value is -3.82. The summed E-state index contributed by atoms with van der Waals surface area (Å²) < 4.78 is 5.06. The smallest absolute Gasteiger partial charge is 0.326 e. The number of hydrogen-bond acceptors (Lipinski definition) is 7. The maximum Gasteiger partial charge on any atom is 0.326 e. The van der Waals surface area contributed by atoms with Gasteiger partial charge in [-0.2, -0.15) is 0 Å². The highest BCUT2D eigenvalue weighted by Gasteiger charge is 2.54. The Morgan fingerprint density at radius 3 is 2.55 bits per heavy atom. The number of esters is 1. The van der Waals surface area contributed by atoms with Crippen molar-refractivity contribution in [1.29, 1.82) is 0 Å². The molecule has 10 heteroatoms. The first kappa shape index (κ1) is 19.9. The largest absolute Gasteiger partial charge is 0.465 e. The minimum atomic E-state index is -1.68. The summed E-state index contributed by atoms with van der Waals surface area (Å²) in [5, 5.41) is 16.7. The topological polar surface area (TPSA) is 141 Å². The molecule has 29 heavy (non-hydrogen) atoms. The molecule has 1 aromatic heterocycles. The summed E-state index contributed by atoms with van der Waals surface area (Å²) in [6, 6.07) is 5.33. The van der Waals surface area contributed by atoms with E-state index in [0.29, 0.717) is 0 Å². The molecule has 0 saturated carbocycles. The van der Waals surface area contributed by atoms with E-state index in [9.17, 15) is 24.5 Å². The van der Waals surface area contributed by atoms with Crippen molar-refractivity contribution in [3.05, 3.63) is 57.9 Å². The van der Waals surface area contributed by atoms with Gasteiger partial charge in [0.15, 0.2) is 5.41 Å². The Balaban J connectivity index is 2.09. The number of nitrogens with zero attached hydrogens (tertiary/aromatic N) is 2. The molecule has 1 aliphatic rings. The third kappa shape index (κ3) is 3.28. The lowest BCUT2D eigenvalue weighted by atomic mass is 9.79. The zero-order valence-corrected chi connectivity index (χ0v) is 15.7. The van der Waals surface area contributed by atoms with Gasteiger partial charge in [0.1, 0.15) is 5.69 Å². The second-order valence-electron chi connectivity index (χ2n) is 6.30. The molecule has 2 heterocycles. The molecule has 2 amide bonds. The molecule has 2 N–H and O–H groups in total. The number of benzene rings is 1. The van der Waals surface area contributed by atoms with Gasteiger partial charge in [-0.15, -0.1) is 0 Å². The molecule has 1 aliphatic heterocycles. The molecule has 0 saturated heterocycles. The van der Waals surface area contributed by atoms with E-state index in [4.69, 9.17) is 4.74 Å². The highest BCUT2D eigenvalue weighted by atomic mass is 16.6. The molecule has 1 unspecified atom stereocenters. The Morgan fingerprint density at radius 2 is 1.97 bits per heavy atom. The number of nitro benzene ring substituents is 1. The van der Waals surface area contributed by atoms with Crippen molar-refractivity contribution in [2.75, 3.05) is 17.2 Å². The number of carbonyl (C=O) groups is 3. The van der Waals surface area contributed by atoms with Crippen LogP contribution in [0.5, 0.6) is 0 Å². The first-order valence-corrected chi connectivity index (χ1v) is 8.88. The maximum absolute atomic E-state index is 12.7. The van der Waals surface area contributed by atoms with E-state index >= 15 is 0 Å². The monoisotopic (exact) mass is 398 g/mol. The number of fused-ring (bicyclic) bond motifs is 1. The Morgan fingerprint density at radius 1 is 1.28 bits per heavy atom. The summed E-state index contributed by atoms with van der Waals surface area (Å²) in [5.74, 6) is -1.98. The molecule has 10 nitrogen and oxygen atoms in total. The molecule has 0 bridgehead atoms. The van der Waals surface area contributed by atoms with Crippen LogP contribution in [0, 0.1) is 10.1 Å². The van der Waals surface area contributed by atoms with Gasteiger partial charge in [-0.25, -0.2) is 0 Å². The summed E-state index contributed by atoms with van der Waals surface area (Å²) in [7, 11) is 0. The second-order valence-corrected chi connectivity index (χ2v) is 6.30. The van der Waals surface area contributed by atoms with E-state index in [2.05, 4.69) is 15.6 Å². The first-order chi connectivity index (χ1) is 13.8. The third-order valence-electron chi connectivity index (χ3n) is 4.77. The fraction of sp³-hybridized carbons (Fsp3) is 0.263. The average molecular weight is 398 g/mol. The van der Waals surface area contributed by atoms with Gasteiger partial charge < -0.3 is 15.4 Å². The van der Waals surface area contributed by atoms with Crippen LogP contribution in [0.2, 0.25) is 0 Å². The highest BCUT2D eigenvalue weighted by Crippen LogP contribution is 2.45. The van der Waals surface area contributed by atoms with Crippen molar-refractivity contribution < 1.29 is 24.0 Å². The summed E-state index contributed by atoms with van der Waals surface area (Å²) in [6.07, 6.45) is 2.90. The van der Waals surface area contributed by atoms with Crippen LogP contribution in [0.3, 0.4) is 0 Å². The minimum Gasteiger partial charge on any atom is -0.465 e. The van der Waals surface area contributed by atoms with Gasteiger partial charge in [0, 0.05) is 35.3 Å². The standard InChI is InChI=1S/C19H18N4O6/c1-3-19(18(26)29-4-2)12-9-15(23(27)28)14(10-13(12)22-17(19)25)21-16(24)11-5-7-20-8-6-11/h5-10H,3-4H2,1-2H3,(H,21,24)(H,22,25). The van der Waals surface area contributed by atoms with Crippen LogP contribution >= 0.6 is 0 Å². The van der Waals surface area contributed by atoms with Gasteiger partial charge >= 0.3 is 5.97 Å². The number of aromatic nitrogens is 1. The molecule has 0 radical (unpaired) electrons.